The lowest BCUT2D eigenvalue weighted by Crippen LogP contribution is -2.44. The molecule has 0 bridgehead atoms. The maximum atomic E-state index is 13.0. The summed E-state index contributed by atoms with van der Waals surface area (Å²) >= 11 is 5.95. The van der Waals surface area contributed by atoms with Gasteiger partial charge in [-0.15, -0.1) is 0 Å². The molecule has 132 valence electrons. The lowest BCUT2D eigenvalue weighted by Gasteiger charge is -2.25. The second-order valence-corrected chi connectivity index (χ2v) is 6.87. The smallest absolute Gasteiger partial charge is 0.319 e. The Kier molecular flexibility index (Phi) is 4.39. The molecule has 1 atom stereocenters. The topological polar surface area (TPSA) is 61.4 Å². The van der Waals surface area contributed by atoms with E-state index in [1.807, 2.05) is 42.5 Å². The molecule has 0 saturated heterocycles. The van der Waals surface area contributed by atoms with Gasteiger partial charge in [0.05, 0.1) is 23.9 Å². The molecule has 0 aliphatic carbocycles. The first-order valence-electron chi connectivity index (χ1n) is 8.51. The second kappa shape index (κ2) is 6.84. The summed E-state index contributed by atoms with van der Waals surface area (Å²) in [6.07, 6.45) is 0.778. The van der Waals surface area contributed by atoms with Crippen LogP contribution in [0.4, 0.5) is 4.79 Å². The normalized spacial score (nSPS) is 19.3. The molecule has 3 amide bonds. The molecule has 2 aromatic carbocycles. The summed E-state index contributed by atoms with van der Waals surface area (Å²) in [5.74, 6) is -0.0385. The predicted octanol–water partition coefficient (Wildman–Crippen LogP) is 3.03. The Bertz CT molecular complexity index is 878. The van der Waals surface area contributed by atoms with Gasteiger partial charge in [-0.2, -0.15) is 0 Å². The van der Waals surface area contributed by atoms with Gasteiger partial charge in [0.2, 0.25) is 0 Å². The molecule has 2 aliphatic heterocycles. The molecule has 0 fully saturated rings. The fourth-order valence-corrected chi connectivity index (χ4v) is 3.55. The SMILES string of the molecule is O=C1NC2=C(C(=O)N(CCc3ccccc3)C2)[C@@H](c2ccc(Cl)cc2)N1. The first-order chi connectivity index (χ1) is 12.6. The van der Waals surface area contributed by atoms with Gasteiger partial charge in [-0.25, -0.2) is 4.79 Å². The number of hydrogen-bond donors (Lipinski definition) is 2. The minimum Gasteiger partial charge on any atom is -0.333 e. The maximum Gasteiger partial charge on any atom is 0.319 e. The molecule has 2 aromatic rings. The zero-order valence-electron chi connectivity index (χ0n) is 14.0. The van der Waals surface area contributed by atoms with E-state index >= 15 is 0 Å². The summed E-state index contributed by atoms with van der Waals surface area (Å²) in [5.41, 5.74) is 3.32. The minimum absolute atomic E-state index is 0.0385. The Balaban J connectivity index is 1.55. The average Bonchev–Trinajstić information content (AvgIpc) is 2.96. The van der Waals surface area contributed by atoms with Crippen LogP contribution < -0.4 is 10.6 Å². The van der Waals surface area contributed by atoms with E-state index in [1.165, 1.54) is 5.56 Å². The van der Waals surface area contributed by atoms with Crippen LogP contribution in [0.5, 0.6) is 0 Å². The maximum absolute atomic E-state index is 13.0. The number of nitrogens with one attached hydrogen (secondary N) is 2. The molecular weight excluding hydrogens is 350 g/mol. The third-order valence-corrected chi connectivity index (χ3v) is 4.99. The van der Waals surface area contributed by atoms with Crippen molar-refractivity contribution in [1.29, 1.82) is 0 Å². The van der Waals surface area contributed by atoms with E-state index < -0.39 is 6.04 Å². The summed E-state index contributed by atoms with van der Waals surface area (Å²) in [7, 11) is 0. The number of hydrogen-bond acceptors (Lipinski definition) is 2. The first-order valence-corrected chi connectivity index (χ1v) is 8.89. The van der Waals surface area contributed by atoms with Crippen LogP contribution in [0.3, 0.4) is 0 Å². The standard InChI is InChI=1S/C20H18ClN3O2/c21-15-8-6-14(7-9-15)18-17-16(22-20(26)23-18)12-24(19(17)25)11-10-13-4-2-1-3-5-13/h1-9,18H,10-12H2,(H2,22,23,26)/t18-/m1/s1. The zero-order chi connectivity index (χ0) is 18.1. The second-order valence-electron chi connectivity index (χ2n) is 6.44. The lowest BCUT2D eigenvalue weighted by atomic mass is 9.96. The summed E-state index contributed by atoms with van der Waals surface area (Å²) < 4.78 is 0. The van der Waals surface area contributed by atoms with Crippen molar-refractivity contribution in [1.82, 2.24) is 15.5 Å². The van der Waals surface area contributed by atoms with Crippen LogP contribution in [0.25, 0.3) is 0 Å². The van der Waals surface area contributed by atoms with Gasteiger partial charge in [0, 0.05) is 11.6 Å². The Morgan fingerprint density at radius 2 is 1.77 bits per heavy atom. The van der Waals surface area contributed by atoms with Gasteiger partial charge in [0.15, 0.2) is 0 Å². The monoisotopic (exact) mass is 367 g/mol. The Morgan fingerprint density at radius 3 is 2.50 bits per heavy atom. The summed E-state index contributed by atoms with van der Waals surface area (Å²) in [4.78, 5) is 26.8. The molecule has 0 aromatic heterocycles. The van der Waals surface area contributed by atoms with Crippen molar-refractivity contribution in [2.24, 2.45) is 0 Å². The van der Waals surface area contributed by atoms with E-state index in [0.29, 0.717) is 29.4 Å². The van der Waals surface area contributed by atoms with Gasteiger partial charge in [-0.1, -0.05) is 54.1 Å². The van der Waals surface area contributed by atoms with E-state index in [4.69, 9.17) is 11.6 Å². The molecule has 6 heteroatoms. The highest BCUT2D eigenvalue weighted by Crippen LogP contribution is 2.32. The fraction of sp³-hybridized carbons (Fsp3) is 0.200. The van der Waals surface area contributed by atoms with Crippen LogP contribution in [0.2, 0.25) is 5.02 Å². The van der Waals surface area contributed by atoms with E-state index in [2.05, 4.69) is 10.6 Å². The zero-order valence-corrected chi connectivity index (χ0v) is 14.8. The minimum atomic E-state index is -0.453. The Morgan fingerprint density at radius 1 is 1.04 bits per heavy atom. The summed E-state index contributed by atoms with van der Waals surface area (Å²) in [6, 6.07) is 16.5. The summed E-state index contributed by atoms with van der Waals surface area (Å²) in [5, 5.41) is 6.25. The van der Waals surface area contributed by atoms with Crippen molar-refractivity contribution in [3.8, 4) is 0 Å². The highest BCUT2D eigenvalue weighted by atomic mass is 35.5. The lowest BCUT2D eigenvalue weighted by molar-refractivity contribution is -0.125. The largest absolute Gasteiger partial charge is 0.333 e. The van der Waals surface area contributed by atoms with Gasteiger partial charge in [0.1, 0.15) is 0 Å². The average molecular weight is 368 g/mol. The number of benzene rings is 2. The third-order valence-electron chi connectivity index (χ3n) is 4.74. The highest BCUT2D eigenvalue weighted by molar-refractivity contribution is 6.30. The first kappa shape index (κ1) is 16.7. The van der Waals surface area contributed by atoms with Crippen molar-refractivity contribution < 1.29 is 9.59 Å². The molecule has 26 heavy (non-hydrogen) atoms. The number of amides is 3. The van der Waals surface area contributed by atoms with Crippen molar-refractivity contribution in [3.05, 3.63) is 82.0 Å². The van der Waals surface area contributed by atoms with Gasteiger partial charge in [-0.3, -0.25) is 4.79 Å². The van der Waals surface area contributed by atoms with Crippen molar-refractivity contribution in [2.45, 2.75) is 12.5 Å². The van der Waals surface area contributed by atoms with Crippen LogP contribution >= 0.6 is 11.6 Å². The molecule has 4 rings (SSSR count). The van der Waals surface area contributed by atoms with E-state index in [0.717, 1.165) is 12.0 Å². The van der Waals surface area contributed by atoms with Gasteiger partial charge in [-0.05, 0) is 29.7 Å². The van der Waals surface area contributed by atoms with Crippen LogP contribution in [0, 0.1) is 0 Å². The molecule has 2 N–H and O–H groups in total. The number of rotatable bonds is 4. The molecule has 0 radical (unpaired) electrons. The molecule has 0 spiro atoms. The fourth-order valence-electron chi connectivity index (χ4n) is 3.42. The Hall–Kier alpha value is -2.79. The molecule has 2 heterocycles. The van der Waals surface area contributed by atoms with Gasteiger partial charge in [0.25, 0.3) is 5.91 Å². The molecule has 2 aliphatic rings. The Labute approximate surface area is 156 Å². The number of carbonyl (C=O) groups is 2. The van der Waals surface area contributed by atoms with Gasteiger partial charge >= 0.3 is 6.03 Å². The summed E-state index contributed by atoms with van der Waals surface area (Å²) in [6.45, 7) is 1.04. The molecular formula is C20H18ClN3O2. The van der Waals surface area contributed by atoms with Crippen LogP contribution in [-0.4, -0.2) is 29.9 Å². The number of halogens is 1. The quantitative estimate of drug-likeness (QED) is 0.872. The van der Waals surface area contributed by atoms with Gasteiger partial charge < -0.3 is 15.5 Å². The predicted molar refractivity (Wildman–Crippen MR) is 99.6 cm³/mol. The number of carbonyl (C=O) groups excluding carboxylic acids is 2. The third kappa shape index (κ3) is 3.18. The van der Waals surface area contributed by atoms with E-state index in [-0.39, 0.29) is 11.9 Å². The number of urea groups is 1. The van der Waals surface area contributed by atoms with Crippen molar-refractivity contribution >= 4 is 23.5 Å². The number of nitrogens with zero attached hydrogens (tertiary/aromatic N) is 1. The van der Waals surface area contributed by atoms with E-state index in [1.54, 1.807) is 17.0 Å². The molecule has 0 saturated carbocycles. The highest BCUT2D eigenvalue weighted by Gasteiger charge is 2.40. The van der Waals surface area contributed by atoms with Crippen LogP contribution in [0.15, 0.2) is 65.9 Å². The van der Waals surface area contributed by atoms with Crippen LogP contribution in [-0.2, 0) is 11.2 Å². The molecule has 0 unspecified atom stereocenters. The molecule has 5 nitrogen and oxygen atoms in total. The van der Waals surface area contributed by atoms with E-state index in [9.17, 15) is 9.59 Å². The van der Waals surface area contributed by atoms with Crippen LogP contribution in [0.1, 0.15) is 17.2 Å². The van der Waals surface area contributed by atoms with Crippen molar-refractivity contribution in [3.63, 3.8) is 0 Å². The van der Waals surface area contributed by atoms with Crippen molar-refractivity contribution in [2.75, 3.05) is 13.1 Å².